The molecule has 1 saturated heterocycles. The summed E-state index contributed by atoms with van der Waals surface area (Å²) in [6.45, 7) is -1.25. The highest BCUT2D eigenvalue weighted by Gasteiger charge is 2.30. The van der Waals surface area contributed by atoms with Crippen LogP contribution in [0.25, 0.3) is 10.8 Å². The average Bonchev–Trinajstić information content (AvgIpc) is 2.52. The number of halogens is 3. The van der Waals surface area contributed by atoms with Gasteiger partial charge < -0.3 is 4.74 Å². The third-order valence-electron chi connectivity index (χ3n) is 3.49. The van der Waals surface area contributed by atoms with Gasteiger partial charge in [0.2, 0.25) is 0 Å². The Hall–Kier alpha value is -1.01. The maximum atomic E-state index is 12.4. The molecule has 1 fully saturated rings. The predicted octanol–water partition coefficient (Wildman–Crippen LogP) is 4.50. The first-order valence-electron chi connectivity index (χ1n) is 7.01. The SMILES string of the molecule is FC(F)(F)COc1ccc([S+]2CCSCC2)c2ccccc12. The lowest BCUT2D eigenvalue weighted by Gasteiger charge is -2.16. The van der Waals surface area contributed by atoms with E-state index < -0.39 is 12.8 Å². The molecule has 0 bridgehead atoms. The van der Waals surface area contributed by atoms with Gasteiger partial charge in [-0.2, -0.15) is 24.9 Å². The van der Waals surface area contributed by atoms with Crippen LogP contribution in [-0.2, 0) is 10.9 Å². The number of hydrogen-bond acceptors (Lipinski definition) is 2. The maximum Gasteiger partial charge on any atom is 0.422 e. The van der Waals surface area contributed by atoms with Gasteiger partial charge in [0, 0.05) is 33.2 Å². The summed E-state index contributed by atoms with van der Waals surface area (Å²) in [7, 11) is 0.189. The molecule has 6 heteroatoms. The van der Waals surface area contributed by atoms with Crippen LogP contribution in [0.1, 0.15) is 0 Å². The van der Waals surface area contributed by atoms with Crippen LogP contribution >= 0.6 is 11.8 Å². The van der Waals surface area contributed by atoms with Crippen LogP contribution in [0.2, 0.25) is 0 Å². The van der Waals surface area contributed by atoms with Gasteiger partial charge in [0.1, 0.15) is 17.3 Å². The number of ether oxygens (including phenoxy) is 1. The normalized spacial score (nSPS) is 16.9. The zero-order valence-electron chi connectivity index (χ0n) is 11.9. The Bertz CT molecular complexity index is 651. The molecule has 2 aromatic rings. The van der Waals surface area contributed by atoms with Crippen LogP contribution in [0.15, 0.2) is 41.3 Å². The number of hydrogen-bond donors (Lipinski definition) is 0. The van der Waals surface area contributed by atoms with Crippen molar-refractivity contribution < 1.29 is 17.9 Å². The largest absolute Gasteiger partial charge is 0.483 e. The van der Waals surface area contributed by atoms with E-state index in [1.165, 1.54) is 4.90 Å². The molecule has 3 rings (SSSR count). The summed E-state index contributed by atoms with van der Waals surface area (Å²) in [6.07, 6.45) is -4.32. The molecule has 1 aliphatic rings. The molecule has 0 aromatic heterocycles. The standard InChI is InChI=1S/C16H16F3OS2/c17-16(18,19)11-20-14-5-6-15(22-9-7-21-8-10-22)13-4-2-1-3-12(13)14/h1-6H,7-11H2/q+1. The van der Waals surface area contributed by atoms with Crippen LogP contribution in [-0.4, -0.2) is 35.8 Å². The zero-order valence-corrected chi connectivity index (χ0v) is 13.5. The number of rotatable bonds is 3. The quantitative estimate of drug-likeness (QED) is 0.757. The van der Waals surface area contributed by atoms with E-state index in [9.17, 15) is 13.2 Å². The fourth-order valence-corrected chi connectivity index (χ4v) is 6.67. The molecule has 0 unspecified atom stereocenters. The molecule has 2 aromatic carbocycles. The molecule has 1 aliphatic heterocycles. The highest BCUT2D eigenvalue weighted by Crippen LogP contribution is 2.34. The second-order valence-corrected chi connectivity index (χ2v) is 8.49. The van der Waals surface area contributed by atoms with Gasteiger partial charge in [0.25, 0.3) is 0 Å². The van der Waals surface area contributed by atoms with Crippen LogP contribution < -0.4 is 4.74 Å². The number of fused-ring (bicyclic) bond motifs is 1. The second kappa shape index (κ2) is 6.62. The first kappa shape index (κ1) is 15.9. The van der Waals surface area contributed by atoms with E-state index in [2.05, 4.69) is 0 Å². The van der Waals surface area contributed by atoms with E-state index in [1.54, 1.807) is 6.07 Å². The van der Waals surface area contributed by atoms with Crippen LogP contribution in [0.4, 0.5) is 13.2 Å². The molecule has 0 N–H and O–H groups in total. The van der Waals surface area contributed by atoms with E-state index in [0.29, 0.717) is 5.75 Å². The molecule has 22 heavy (non-hydrogen) atoms. The summed E-state index contributed by atoms with van der Waals surface area (Å²) in [6, 6.07) is 11.2. The van der Waals surface area contributed by atoms with Gasteiger partial charge in [-0.1, -0.05) is 18.2 Å². The van der Waals surface area contributed by atoms with Crippen LogP contribution in [0, 0.1) is 0 Å². The summed E-state index contributed by atoms with van der Waals surface area (Å²) in [5.41, 5.74) is 0. The van der Waals surface area contributed by atoms with E-state index in [4.69, 9.17) is 4.74 Å². The monoisotopic (exact) mass is 345 g/mol. The molecule has 0 aliphatic carbocycles. The van der Waals surface area contributed by atoms with Gasteiger partial charge in [0.05, 0.1) is 0 Å². The van der Waals surface area contributed by atoms with Crippen molar-refractivity contribution in [3.05, 3.63) is 36.4 Å². The van der Waals surface area contributed by atoms with Crippen molar-refractivity contribution >= 4 is 33.4 Å². The Morgan fingerprint density at radius 1 is 1.00 bits per heavy atom. The summed E-state index contributed by atoms with van der Waals surface area (Å²) >= 11 is 1.97. The van der Waals surface area contributed by atoms with Gasteiger partial charge in [-0.05, 0) is 18.2 Å². The van der Waals surface area contributed by atoms with Crippen molar-refractivity contribution in [3.63, 3.8) is 0 Å². The minimum Gasteiger partial charge on any atom is -0.483 e. The smallest absolute Gasteiger partial charge is 0.422 e. The van der Waals surface area contributed by atoms with Crippen molar-refractivity contribution in [1.29, 1.82) is 0 Å². The van der Waals surface area contributed by atoms with Crippen molar-refractivity contribution in [2.75, 3.05) is 29.6 Å². The molecule has 0 amide bonds. The predicted molar refractivity (Wildman–Crippen MR) is 88.2 cm³/mol. The summed E-state index contributed by atoms with van der Waals surface area (Å²) in [5, 5.41) is 1.80. The lowest BCUT2D eigenvalue weighted by molar-refractivity contribution is -0.153. The fraction of sp³-hybridized carbons (Fsp3) is 0.375. The van der Waals surface area contributed by atoms with Crippen LogP contribution in [0.5, 0.6) is 5.75 Å². The molecular formula is C16H16F3OS2+. The molecule has 118 valence electrons. The summed E-state index contributed by atoms with van der Waals surface area (Å²) < 4.78 is 42.2. The first-order valence-corrected chi connectivity index (χ1v) is 9.73. The van der Waals surface area contributed by atoms with E-state index >= 15 is 0 Å². The maximum absolute atomic E-state index is 12.4. The topological polar surface area (TPSA) is 9.23 Å². The minimum atomic E-state index is -4.32. The average molecular weight is 345 g/mol. The minimum absolute atomic E-state index is 0.189. The van der Waals surface area contributed by atoms with Crippen molar-refractivity contribution in [2.24, 2.45) is 0 Å². The van der Waals surface area contributed by atoms with E-state index in [1.807, 2.05) is 42.1 Å². The Balaban J connectivity index is 1.96. The first-order chi connectivity index (χ1) is 10.5. The van der Waals surface area contributed by atoms with Crippen molar-refractivity contribution in [1.82, 2.24) is 0 Å². The Morgan fingerprint density at radius 2 is 1.68 bits per heavy atom. The van der Waals surface area contributed by atoms with Gasteiger partial charge in [0.15, 0.2) is 11.5 Å². The molecule has 0 saturated carbocycles. The molecular weight excluding hydrogens is 329 g/mol. The second-order valence-electron chi connectivity index (χ2n) is 5.02. The van der Waals surface area contributed by atoms with Crippen molar-refractivity contribution in [3.8, 4) is 5.75 Å². The highest BCUT2D eigenvalue weighted by atomic mass is 32.2. The Kier molecular flexibility index (Phi) is 4.78. The van der Waals surface area contributed by atoms with Gasteiger partial charge in [-0.3, -0.25) is 0 Å². The third-order valence-corrected chi connectivity index (χ3v) is 7.37. The molecule has 0 spiro atoms. The van der Waals surface area contributed by atoms with E-state index in [-0.39, 0.29) is 10.9 Å². The zero-order chi connectivity index (χ0) is 15.6. The van der Waals surface area contributed by atoms with Crippen molar-refractivity contribution in [2.45, 2.75) is 11.1 Å². The summed E-state index contributed by atoms with van der Waals surface area (Å²) in [4.78, 5) is 1.26. The lowest BCUT2D eigenvalue weighted by atomic mass is 10.1. The number of thioether (sulfide) groups is 1. The molecule has 0 radical (unpaired) electrons. The van der Waals surface area contributed by atoms with Gasteiger partial charge >= 0.3 is 6.18 Å². The number of benzene rings is 2. The fourth-order valence-electron chi connectivity index (χ4n) is 2.52. The number of alkyl halides is 3. The third kappa shape index (κ3) is 3.66. The lowest BCUT2D eigenvalue weighted by Crippen LogP contribution is -2.22. The van der Waals surface area contributed by atoms with Crippen LogP contribution in [0.3, 0.4) is 0 Å². The Morgan fingerprint density at radius 3 is 2.36 bits per heavy atom. The Labute approximate surface area is 134 Å². The molecule has 1 nitrogen and oxygen atoms in total. The molecule has 1 heterocycles. The van der Waals surface area contributed by atoms with Gasteiger partial charge in [-0.15, -0.1) is 0 Å². The summed E-state index contributed by atoms with van der Waals surface area (Å²) in [5.74, 6) is 4.93. The highest BCUT2D eigenvalue weighted by molar-refractivity contribution is 8.05. The van der Waals surface area contributed by atoms with Gasteiger partial charge in [-0.25, -0.2) is 0 Å². The van der Waals surface area contributed by atoms with E-state index in [0.717, 1.165) is 33.8 Å². The molecule has 0 atom stereocenters.